The van der Waals surface area contributed by atoms with Crippen LogP contribution in [0.2, 0.25) is 0 Å². The first kappa shape index (κ1) is 14.2. The van der Waals surface area contributed by atoms with Crippen molar-refractivity contribution in [2.45, 2.75) is 26.0 Å². The summed E-state index contributed by atoms with van der Waals surface area (Å²) in [6.45, 7) is 3.43. The Labute approximate surface area is 125 Å². The molecular formula is C14H14INO3. The number of carbonyl (C=O) groups excluding carboxylic acids is 2. The second kappa shape index (κ2) is 5.42. The first-order chi connectivity index (χ1) is 8.93. The average Bonchev–Trinajstić information content (AvgIpc) is 2.60. The number of amides is 2. The maximum absolute atomic E-state index is 12.3. The van der Waals surface area contributed by atoms with Gasteiger partial charge in [-0.25, -0.2) is 0 Å². The highest BCUT2D eigenvalue weighted by Crippen LogP contribution is 2.27. The van der Waals surface area contributed by atoms with Crippen LogP contribution < -0.4 is 0 Å². The van der Waals surface area contributed by atoms with Gasteiger partial charge in [-0.15, -0.1) is 0 Å². The summed E-state index contributed by atoms with van der Waals surface area (Å²) in [5.74, 6) is -0.694. The van der Waals surface area contributed by atoms with Crippen molar-refractivity contribution < 1.29 is 14.7 Å². The maximum Gasteiger partial charge on any atom is 0.262 e. The van der Waals surface area contributed by atoms with Gasteiger partial charge in [0, 0.05) is 0 Å². The minimum Gasteiger partial charge on any atom is -0.391 e. The van der Waals surface area contributed by atoms with Gasteiger partial charge in [-0.3, -0.25) is 14.5 Å². The van der Waals surface area contributed by atoms with Crippen LogP contribution in [-0.4, -0.2) is 34.0 Å². The third-order valence-electron chi connectivity index (χ3n) is 3.02. The summed E-state index contributed by atoms with van der Waals surface area (Å²) >= 11 is 2.09. The van der Waals surface area contributed by atoms with E-state index in [0.717, 1.165) is 8.48 Å². The molecule has 19 heavy (non-hydrogen) atoms. The van der Waals surface area contributed by atoms with Crippen LogP contribution in [0.5, 0.6) is 0 Å². The number of fused-ring (bicyclic) bond motifs is 1. The minimum atomic E-state index is -0.813. The van der Waals surface area contributed by atoms with E-state index in [4.69, 9.17) is 0 Å². The standard InChI is InChI=1S/C14H14INO3/c1-8(15)7-12(9(2)17)16-13(18)10-5-3-4-6-11(10)14(16)19/h3-7,9,12,17H,1-2H3/b8-7-/t9-,12-/m1/s1. The normalized spacial score (nSPS) is 18.5. The maximum atomic E-state index is 12.3. The molecule has 0 radical (unpaired) electrons. The number of hydrogen-bond acceptors (Lipinski definition) is 3. The molecule has 0 bridgehead atoms. The predicted octanol–water partition coefficient (Wildman–Crippen LogP) is 2.37. The Morgan fingerprint density at radius 3 is 2.11 bits per heavy atom. The van der Waals surface area contributed by atoms with Gasteiger partial charge in [0.2, 0.25) is 0 Å². The van der Waals surface area contributed by atoms with Crippen molar-refractivity contribution >= 4 is 34.4 Å². The monoisotopic (exact) mass is 371 g/mol. The first-order valence-electron chi connectivity index (χ1n) is 5.92. The lowest BCUT2D eigenvalue weighted by atomic mass is 10.1. The molecule has 1 heterocycles. The lowest BCUT2D eigenvalue weighted by Crippen LogP contribution is -2.44. The van der Waals surface area contributed by atoms with Crippen LogP contribution in [0.15, 0.2) is 33.9 Å². The zero-order valence-corrected chi connectivity index (χ0v) is 12.8. The molecule has 1 aromatic rings. The summed E-state index contributed by atoms with van der Waals surface area (Å²) < 4.78 is 0.917. The number of benzene rings is 1. The van der Waals surface area contributed by atoms with Crippen molar-refractivity contribution in [2.75, 3.05) is 0 Å². The number of aliphatic hydroxyl groups excluding tert-OH is 1. The van der Waals surface area contributed by atoms with Crippen molar-refractivity contribution in [3.05, 3.63) is 45.0 Å². The molecule has 0 saturated carbocycles. The molecule has 2 rings (SSSR count). The molecule has 0 spiro atoms. The van der Waals surface area contributed by atoms with Crippen LogP contribution in [0.25, 0.3) is 0 Å². The van der Waals surface area contributed by atoms with Crippen molar-refractivity contribution in [3.8, 4) is 0 Å². The third-order valence-corrected chi connectivity index (χ3v) is 3.38. The first-order valence-corrected chi connectivity index (χ1v) is 7.00. The summed E-state index contributed by atoms with van der Waals surface area (Å²) in [4.78, 5) is 25.7. The van der Waals surface area contributed by atoms with E-state index in [1.807, 2.05) is 6.92 Å². The molecule has 1 aromatic carbocycles. The Balaban J connectivity index is 2.45. The van der Waals surface area contributed by atoms with Crippen LogP contribution >= 0.6 is 22.6 Å². The number of carbonyl (C=O) groups is 2. The molecule has 4 nitrogen and oxygen atoms in total. The number of allylic oxidation sites excluding steroid dienone is 1. The molecule has 0 saturated heterocycles. The minimum absolute atomic E-state index is 0.347. The van der Waals surface area contributed by atoms with Gasteiger partial charge in [0.25, 0.3) is 11.8 Å². The highest BCUT2D eigenvalue weighted by molar-refractivity contribution is 14.1. The van der Waals surface area contributed by atoms with Gasteiger partial charge in [0.05, 0.1) is 23.3 Å². The fourth-order valence-corrected chi connectivity index (χ4v) is 2.51. The fourth-order valence-electron chi connectivity index (χ4n) is 2.14. The topological polar surface area (TPSA) is 57.6 Å². The quantitative estimate of drug-likeness (QED) is 0.656. The van der Waals surface area contributed by atoms with E-state index in [-0.39, 0.29) is 11.8 Å². The number of halogens is 1. The summed E-state index contributed by atoms with van der Waals surface area (Å²) in [5.41, 5.74) is 0.801. The summed E-state index contributed by atoms with van der Waals surface area (Å²) in [5, 5.41) is 9.84. The second-order valence-corrected chi connectivity index (χ2v) is 6.21. The Morgan fingerprint density at radius 2 is 1.74 bits per heavy atom. The number of nitrogens with zero attached hydrogens (tertiary/aromatic N) is 1. The van der Waals surface area contributed by atoms with Crippen molar-refractivity contribution in [1.29, 1.82) is 0 Å². The molecular weight excluding hydrogens is 357 g/mol. The fraction of sp³-hybridized carbons (Fsp3) is 0.286. The van der Waals surface area contributed by atoms with Crippen LogP contribution in [0.1, 0.15) is 34.6 Å². The van der Waals surface area contributed by atoms with Crippen LogP contribution in [0.3, 0.4) is 0 Å². The summed E-state index contributed by atoms with van der Waals surface area (Å²) in [7, 11) is 0. The average molecular weight is 371 g/mol. The Kier molecular flexibility index (Phi) is 4.05. The van der Waals surface area contributed by atoms with Crippen LogP contribution in [0, 0.1) is 0 Å². The second-order valence-electron chi connectivity index (χ2n) is 4.51. The van der Waals surface area contributed by atoms with E-state index >= 15 is 0 Å². The lowest BCUT2D eigenvalue weighted by molar-refractivity contribution is 0.0463. The Hall–Kier alpha value is -1.21. The Morgan fingerprint density at radius 1 is 1.26 bits per heavy atom. The molecule has 0 unspecified atom stereocenters. The Bertz CT molecular complexity index is 527. The SMILES string of the molecule is C/C(I)=C/[C@H]([C@@H](C)O)N1C(=O)c2ccccc2C1=O. The predicted molar refractivity (Wildman–Crippen MR) is 80.2 cm³/mol. The van der Waals surface area contributed by atoms with Gasteiger partial charge in [-0.05, 0) is 58.2 Å². The molecule has 1 aliphatic rings. The van der Waals surface area contributed by atoms with E-state index in [2.05, 4.69) is 22.6 Å². The van der Waals surface area contributed by atoms with E-state index < -0.39 is 12.1 Å². The summed E-state index contributed by atoms with van der Waals surface area (Å²) in [6.07, 6.45) is 0.916. The molecule has 2 amide bonds. The van der Waals surface area contributed by atoms with Crippen molar-refractivity contribution in [2.24, 2.45) is 0 Å². The number of hydrogen-bond donors (Lipinski definition) is 1. The smallest absolute Gasteiger partial charge is 0.262 e. The number of imide groups is 1. The molecule has 0 aliphatic carbocycles. The largest absolute Gasteiger partial charge is 0.391 e. The van der Waals surface area contributed by atoms with E-state index in [0.29, 0.717) is 11.1 Å². The summed E-state index contributed by atoms with van der Waals surface area (Å²) in [6, 6.07) is 6.09. The highest BCUT2D eigenvalue weighted by Gasteiger charge is 2.40. The highest BCUT2D eigenvalue weighted by atomic mass is 127. The van der Waals surface area contributed by atoms with E-state index in [9.17, 15) is 14.7 Å². The molecule has 1 aliphatic heterocycles. The van der Waals surface area contributed by atoms with Gasteiger partial charge >= 0.3 is 0 Å². The molecule has 5 heteroatoms. The molecule has 2 atom stereocenters. The lowest BCUT2D eigenvalue weighted by Gasteiger charge is -2.26. The van der Waals surface area contributed by atoms with E-state index in [1.54, 1.807) is 37.3 Å². The van der Waals surface area contributed by atoms with Gasteiger partial charge in [0.15, 0.2) is 0 Å². The zero-order chi connectivity index (χ0) is 14.2. The van der Waals surface area contributed by atoms with E-state index in [1.165, 1.54) is 0 Å². The van der Waals surface area contributed by atoms with Gasteiger partial charge < -0.3 is 5.11 Å². The van der Waals surface area contributed by atoms with Gasteiger partial charge in [0.1, 0.15) is 0 Å². The number of rotatable bonds is 3. The van der Waals surface area contributed by atoms with Crippen LogP contribution in [0.4, 0.5) is 0 Å². The zero-order valence-electron chi connectivity index (χ0n) is 10.6. The van der Waals surface area contributed by atoms with Crippen LogP contribution in [-0.2, 0) is 0 Å². The third kappa shape index (κ3) is 2.57. The molecule has 0 aromatic heterocycles. The molecule has 100 valence electrons. The van der Waals surface area contributed by atoms with Crippen molar-refractivity contribution in [3.63, 3.8) is 0 Å². The number of aliphatic hydroxyl groups is 1. The van der Waals surface area contributed by atoms with Gasteiger partial charge in [-0.1, -0.05) is 12.1 Å². The van der Waals surface area contributed by atoms with Gasteiger partial charge in [-0.2, -0.15) is 0 Å². The molecule has 0 fully saturated rings. The molecule has 1 N–H and O–H groups in total. The van der Waals surface area contributed by atoms with Crippen molar-refractivity contribution in [1.82, 2.24) is 4.90 Å².